The fourth-order valence-electron chi connectivity index (χ4n) is 2.65. The van der Waals surface area contributed by atoms with E-state index >= 15 is 0 Å². The molecule has 0 spiro atoms. The van der Waals surface area contributed by atoms with Crippen LogP contribution >= 0.6 is 0 Å². The summed E-state index contributed by atoms with van der Waals surface area (Å²) in [4.78, 5) is 24.4. The van der Waals surface area contributed by atoms with E-state index in [1.54, 1.807) is 6.07 Å². The van der Waals surface area contributed by atoms with E-state index in [1.165, 1.54) is 25.1 Å². The Morgan fingerprint density at radius 2 is 1.74 bits per heavy atom. The van der Waals surface area contributed by atoms with E-state index in [2.05, 4.69) is 5.32 Å². The second kappa shape index (κ2) is 8.81. The summed E-state index contributed by atoms with van der Waals surface area (Å²) in [6.45, 7) is 4.86. The van der Waals surface area contributed by atoms with Gasteiger partial charge in [-0.1, -0.05) is 44.2 Å². The second-order valence-corrected chi connectivity index (χ2v) is 8.23. The number of benzene rings is 2. The summed E-state index contributed by atoms with van der Waals surface area (Å²) in [5.41, 5.74) is 2.52. The van der Waals surface area contributed by atoms with Crippen LogP contribution in [0.25, 0.3) is 0 Å². The maximum Gasteiger partial charge on any atom is 0.339 e. The maximum absolute atomic E-state index is 12.3. The highest BCUT2D eigenvalue weighted by Gasteiger charge is 2.22. The Balaban J connectivity index is 2.10. The summed E-state index contributed by atoms with van der Waals surface area (Å²) >= 11 is 0. The lowest BCUT2D eigenvalue weighted by Crippen LogP contribution is -2.23. The quantitative estimate of drug-likeness (QED) is 0.735. The number of carbonyl (C=O) groups is 2. The number of nitrogens with one attached hydrogen (secondary N) is 1. The highest BCUT2D eigenvalue weighted by atomic mass is 32.2. The Labute approximate surface area is 159 Å². The molecule has 1 amide bonds. The molecule has 2 rings (SSSR count). The van der Waals surface area contributed by atoms with Crippen LogP contribution in [-0.4, -0.2) is 32.7 Å². The normalized spacial score (nSPS) is 11.1. The van der Waals surface area contributed by atoms with Crippen molar-refractivity contribution >= 4 is 27.4 Å². The van der Waals surface area contributed by atoms with Crippen LogP contribution in [-0.2, 0) is 25.8 Å². The molecule has 0 aliphatic rings. The molecular formula is C20H23NO5S. The van der Waals surface area contributed by atoms with Gasteiger partial charge in [0.1, 0.15) is 0 Å². The SMILES string of the molecule is CCc1cccc(C)c1NC(=O)COC(=O)c1ccccc1S(=O)(=O)CC. The number of hydrogen-bond donors (Lipinski definition) is 1. The monoisotopic (exact) mass is 389 g/mol. The van der Waals surface area contributed by atoms with E-state index < -0.39 is 28.3 Å². The summed E-state index contributed by atoms with van der Waals surface area (Å²) in [6.07, 6.45) is 0.749. The van der Waals surface area contributed by atoms with E-state index in [-0.39, 0.29) is 16.2 Å². The van der Waals surface area contributed by atoms with Gasteiger partial charge >= 0.3 is 5.97 Å². The van der Waals surface area contributed by atoms with Gasteiger partial charge in [0.05, 0.1) is 16.2 Å². The first-order valence-electron chi connectivity index (χ1n) is 8.67. The van der Waals surface area contributed by atoms with Crippen LogP contribution in [0.5, 0.6) is 0 Å². The minimum absolute atomic E-state index is 0.0720. The number of para-hydroxylation sites is 1. The zero-order valence-corrected chi connectivity index (χ0v) is 16.4. The largest absolute Gasteiger partial charge is 0.452 e. The highest BCUT2D eigenvalue weighted by Crippen LogP contribution is 2.21. The van der Waals surface area contributed by atoms with Crippen LogP contribution in [0.1, 0.15) is 35.3 Å². The van der Waals surface area contributed by atoms with Crippen molar-refractivity contribution in [3.8, 4) is 0 Å². The predicted octanol–water partition coefficient (Wildman–Crippen LogP) is 3.15. The molecular weight excluding hydrogens is 366 g/mol. The number of rotatable bonds is 7. The molecule has 0 fully saturated rings. The lowest BCUT2D eigenvalue weighted by Gasteiger charge is -2.13. The zero-order valence-electron chi connectivity index (χ0n) is 15.6. The first-order valence-corrected chi connectivity index (χ1v) is 10.3. The van der Waals surface area contributed by atoms with Crippen LogP contribution in [0.15, 0.2) is 47.4 Å². The van der Waals surface area contributed by atoms with Gasteiger partial charge in [0.25, 0.3) is 5.91 Å². The molecule has 0 atom stereocenters. The molecule has 2 aromatic carbocycles. The molecule has 0 saturated heterocycles. The highest BCUT2D eigenvalue weighted by molar-refractivity contribution is 7.91. The van der Waals surface area contributed by atoms with Gasteiger partial charge < -0.3 is 10.1 Å². The molecule has 2 aromatic rings. The number of esters is 1. The van der Waals surface area contributed by atoms with Crippen LogP contribution in [0, 0.1) is 6.92 Å². The van der Waals surface area contributed by atoms with Crippen molar-refractivity contribution in [3.05, 3.63) is 59.2 Å². The number of sulfone groups is 1. The summed E-state index contributed by atoms with van der Waals surface area (Å²) in [5, 5.41) is 2.76. The van der Waals surface area contributed by atoms with Gasteiger partial charge in [0.2, 0.25) is 0 Å². The third kappa shape index (κ3) is 4.95. The molecule has 0 aliphatic heterocycles. The molecule has 0 saturated carbocycles. The van der Waals surface area contributed by atoms with Gasteiger partial charge in [-0.05, 0) is 36.6 Å². The summed E-state index contributed by atoms with van der Waals surface area (Å²) in [5.74, 6) is -1.47. The number of ether oxygens (including phenoxy) is 1. The van der Waals surface area contributed by atoms with E-state index in [4.69, 9.17) is 4.74 Å². The third-order valence-corrected chi connectivity index (χ3v) is 5.95. The fourth-order valence-corrected chi connectivity index (χ4v) is 3.73. The Kier molecular flexibility index (Phi) is 6.74. The molecule has 0 unspecified atom stereocenters. The Hall–Kier alpha value is -2.67. The fraction of sp³-hybridized carbons (Fsp3) is 0.300. The average Bonchev–Trinajstić information content (AvgIpc) is 2.67. The van der Waals surface area contributed by atoms with Gasteiger partial charge in [0.15, 0.2) is 16.4 Å². The predicted molar refractivity (Wildman–Crippen MR) is 104 cm³/mol. The van der Waals surface area contributed by atoms with E-state index in [9.17, 15) is 18.0 Å². The van der Waals surface area contributed by atoms with Crippen molar-refractivity contribution in [3.63, 3.8) is 0 Å². The second-order valence-electron chi connectivity index (χ2n) is 5.99. The minimum atomic E-state index is -3.58. The molecule has 0 heterocycles. The van der Waals surface area contributed by atoms with E-state index in [0.717, 1.165) is 17.5 Å². The van der Waals surface area contributed by atoms with E-state index in [0.29, 0.717) is 5.69 Å². The summed E-state index contributed by atoms with van der Waals surface area (Å²) < 4.78 is 29.3. The van der Waals surface area contributed by atoms with Gasteiger partial charge in [-0.25, -0.2) is 13.2 Å². The van der Waals surface area contributed by atoms with Crippen molar-refractivity contribution in [1.29, 1.82) is 0 Å². The lowest BCUT2D eigenvalue weighted by atomic mass is 10.1. The van der Waals surface area contributed by atoms with Crippen molar-refractivity contribution in [2.24, 2.45) is 0 Å². The van der Waals surface area contributed by atoms with Crippen LogP contribution in [0.4, 0.5) is 5.69 Å². The van der Waals surface area contributed by atoms with Crippen LogP contribution in [0.3, 0.4) is 0 Å². The maximum atomic E-state index is 12.3. The third-order valence-electron chi connectivity index (χ3n) is 4.16. The molecule has 6 nitrogen and oxygen atoms in total. The number of anilines is 1. The Morgan fingerprint density at radius 3 is 2.41 bits per heavy atom. The number of hydrogen-bond acceptors (Lipinski definition) is 5. The molecule has 0 bridgehead atoms. The minimum Gasteiger partial charge on any atom is -0.452 e. The topological polar surface area (TPSA) is 89.5 Å². The lowest BCUT2D eigenvalue weighted by molar-refractivity contribution is -0.119. The summed E-state index contributed by atoms with van der Waals surface area (Å²) in [6, 6.07) is 11.5. The van der Waals surface area contributed by atoms with Crippen molar-refractivity contribution in [1.82, 2.24) is 0 Å². The Morgan fingerprint density at radius 1 is 1.04 bits per heavy atom. The molecule has 1 N–H and O–H groups in total. The first-order chi connectivity index (χ1) is 12.8. The molecule has 0 aliphatic carbocycles. The van der Waals surface area contributed by atoms with Gasteiger partial charge in [-0.15, -0.1) is 0 Å². The van der Waals surface area contributed by atoms with Crippen molar-refractivity contribution in [2.75, 3.05) is 17.7 Å². The first kappa shape index (κ1) is 20.6. The van der Waals surface area contributed by atoms with Crippen molar-refractivity contribution < 1.29 is 22.7 Å². The van der Waals surface area contributed by atoms with Crippen LogP contribution in [0.2, 0.25) is 0 Å². The van der Waals surface area contributed by atoms with Gasteiger partial charge in [-0.3, -0.25) is 4.79 Å². The molecule has 7 heteroatoms. The number of carbonyl (C=O) groups excluding carboxylic acids is 2. The molecule has 0 radical (unpaired) electrons. The summed E-state index contributed by atoms with van der Waals surface area (Å²) in [7, 11) is -3.58. The van der Waals surface area contributed by atoms with Gasteiger partial charge in [-0.2, -0.15) is 0 Å². The van der Waals surface area contributed by atoms with Crippen LogP contribution < -0.4 is 5.32 Å². The number of aryl methyl sites for hydroxylation is 2. The zero-order chi connectivity index (χ0) is 20.0. The Bertz CT molecular complexity index is 951. The average molecular weight is 389 g/mol. The standard InChI is InChI=1S/C20H23NO5S/c1-4-15-10-8-9-14(3)19(15)21-18(22)13-26-20(23)16-11-6-7-12-17(16)27(24,25)5-2/h6-12H,4-5,13H2,1-3H3,(H,21,22). The molecule has 27 heavy (non-hydrogen) atoms. The molecule has 0 aromatic heterocycles. The smallest absolute Gasteiger partial charge is 0.339 e. The molecule has 144 valence electrons. The number of amides is 1. The van der Waals surface area contributed by atoms with Crippen molar-refractivity contribution in [2.45, 2.75) is 32.1 Å². The van der Waals surface area contributed by atoms with Gasteiger partial charge in [0, 0.05) is 5.69 Å². The van der Waals surface area contributed by atoms with E-state index in [1.807, 2.05) is 32.0 Å².